The lowest BCUT2D eigenvalue weighted by molar-refractivity contribution is -0.127. The highest BCUT2D eigenvalue weighted by Crippen LogP contribution is 2.03. The molecule has 1 aliphatic rings. The van der Waals surface area contributed by atoms with Crippen molar-refractivity contribution >= 4 is 5.91 Å². The quantitative estimate of drug-likeness (QED) is 0.549. The lowest BCUT2D eigenvalue weighted by Gasteiger charge is -2.14. The van der Waals surface area contributed by atoms with E-state index >= 15 is 0 Å². The van der Waals surface area contributed by atoms with E-state index in [1.54, 1.807) is 11.9 Å². The Balaban J connectivity index is 0. The van der Waals surface area contributed by atoms with Crippen molar-refractivity contribution in [3.05, 3.63) is 12.3 Å². The van der Waals surface area contributed by atoms with Crippen LogP contribution < -0.4 is 0 Å². The highest BCUT2D eigenvalue weighted by molar-refractivity contribution is 5.77. The summed E-state index contributed by atoms with van der Waals surface area (Å²) in [5.41, 5.74) is 0. The van der Waals surface area contributed by atoms with E-state index in [-0.39, 0.29) is 5.91 Å². The van der Waals surface area contributed by atoms with Crippen LogP contribution in [0.3, 0.4) is 0 Å². The second kappa shape index (κ2) is 10.2. The molecule has 0 radical (unpaired) electrons. The summed E-state index contributed by atoms with van der Waals surface area (Å²) in [6.45, 7) is 8.00. The Hall–Kier alpha value is -0.790. The number of amides is 1. The molecule has 0 N–H and O–H groups in total. The molecule has 2 heteroatoms. The molecule has 1 heterocycles. The van der Waals surface area contributed by atoms with E-state index in [0.29, 0.717) is 6.42 Å². The molecule has 1 aliphatic heterocycles. The third kappa shape index (κ3) is 5.96. The predicted molar refractivity (Wildman–Crippen MR) is 53.8 cm³/mol. The molecule has 0 bridgehead atoms. The zero-order valence-electron chi connectivity index (χ0n) is 8.92. The third-order valence-electron chi connectivity index (χ3n) is 1.25. The molecule has 0 atom stereocenters. The Morgan fingerprint density at radius 2 is 1.75 bits per heavy atom. The molecule has 0 aromatic rings. The topological polar surface area (TPSA) is 20.3 Å². The number of carbonyl (C=O) groups excluding carboxylic acids is 1. The number of hydrogen-bond acceptors (Lipinski definition) is 1. The maximum atomic E-state index is 10.7. The number of nitrogens with zero attached hydrogens (tertiary/aromatic N) is 1. The first-order chi connectivity index (χ1) is 5.80. The molecular weight excluding hydrogens is 150 g/mol. The average molecular weight is 171 g/mol. The summed E-state index contributed by atoms with van der Waals surface area (Å²) in [5, 5.41) is 0. The van der Waals surface area contributed by atoms with Crippen LogP contribution in [-0.4, -0.2) is 17.9 Å². The third-order valence-corrected chi connectivity index (χ3v) is 1.25. The van der Waals surface area contributed by atoms with E-state index in [0.717, 1.165) is 6.42 Å². The van der Waals surface area contributed by atoms with Crippen LogP contribution in [0.2, 0.25) is 0 Å². The second-order valence-electron chi connectivity index (χ2n) is 1.93. The molecule has 1 rings (SSSR count). The Bertz CT molecular complexity index is 130. The Labute approximate surface area is 76.3 Å². The molecule has 0 saturated heterocycles. The molecule has 0 aromatic heterocycles. The minimum Gasteiger partial charge on any atom is -0.322 e. The number of carbonyl (C=O) groups is 1. The largest absolute Gasteiger partial charge is 0.322 e. The van der Waals surface area contributed by atoms with Gasteiger partial charge in [0.25, 0.3) is 0 Å². The number of hydrogen-bond donors (Lipinski definition) is 0. The highest BCUT2D eigenvalue weighted by atomic mass is 16.2. The van der Waals surface area contributed by atoms with Crippen molar-refractivity contribution in [2.75, 3.05) is 7.05 Å². The molecule has 1 amide bonds. The van der Waals surface area contributed by atoms with E-state index in [4.69, 9.17) is 0 Å². The van der Waals surface area contributed by atoms with Crippen LogP contribution in [0.25, 0.3) is 0 Å². The minimum atomic E-state index is 0.215. The van der Waals surface area contributed by atoms with Gasteiger partial charge in [-0.2, -0.15) is 0 Å². The van der Waals surface area contributed by atoms with Crippen LogP contribution in [0.4, 0.5) is 0 Å². The minimum absolute atomic E-state index is 0.215. The molecule has 0 unspecified atom stereocenters. The SMILES string of the molecule is CC.CC.CN1C=CCCC1=O. The van der Waals surface area contributed by atoms with Gasteiger partial charge in [0.05, 0.1) is 0 Å². The molecule has 12 heavy (non-hydrogen) atoms. The van der Waals surface area contributed by atoms with E-state index < -0.39 is 0 Å². The van der Waals surface area contributed by atoms with Gasteiger partial charge in [-0.15, -0.1) is 0 Å². The van der Waals surface area contributed by atoms with Crippen LogP contribution >= 0.6 is 0 Å². The monoisotopic (exact) mass is 171 g/mol. The lowest BCUT2D eigenvalue weighted by Crippen LogP contribution is -2.22. The fourth-order valence-corrected chi connectivity index (χ4v) is 0.699. The second-order valence-corrected chi connectivity index (χ2v) is 1.93. The van der Waals surface area contributed by atoms with Gasteiger partial charge in [0.15, 0.2) is 0 Å². The van der Waals surface area contributed by atoms with Crippen LogP contribution in [0.15, 0.2) is 12.3 Å². The van der Waals surface area contributed by atoms with Crippen molar-refractivity contribution < 1.29 is 4.79 Å². The number of rotatable bonds is 0. The van der Waals surface area contributed by atoms with Crippen molar-refractivity contribution in [1.29, 1.82) is 0 Å². The zero-order chi connectivity index (χ0) is 9.98. The lowest BCUT2D eigenvalue weighted by atomic mass is 10.2. The predicted octanol–water partition coefficient (Wildman–Crippen LogP) is 2.80. The molecule has 72 valence electrons. The first-order valence-corrected chi connectivity index (χ1v) is 4.73. The van der Waals surface area contributed by atoms with E-state index in [1.807, 2.05) is 40.0 Å². The van der Waals surface area contributed by atoms with E-state index in [2.05, 4.69) is 0 Å². The summed E-state index contributed by atoms with van der Waals surface area (Å²) in [6.07, 6.45) is 5.39. The maximum absolute atomic E-state index is 10.7. The average Bonchev–Trinajstić information content (AvgIpc) is 2.17. The smallest absolute Gasteiger partial charge is 0.226 e. The van der Waals surface area contributed by atoms with Gasteiger partial charge in [-0.1, -0.05) is 33.8 Å². The highest BCUT2D eigenvalue weighted by Gasteiger charge is 2.06. The van der Waals surface area contributed by atoms with Crippen molar-refractivity contribution in [3.8, 4) is 0 Å². The zero-order valence-corrected chi connectivity index (χ0v) is 8.92. The van der Waals surface area contributed by atoms with Gasteiger partial charge in [0.2, 0.25) is 5.91 Å². The van der Waals surface area contributed by atoms with Crippen molar-refractivity contribution in [3.63, 3.8) is 0 Å². The molecule has 0 aliphatic carbocycles. The normalized spacial score (nSPS) is 14.1. The van der Waals surface area contributed by atoms with Crippen LogP contribution in [-0.2, 0) is 4.79 Å². The standard InChI is InChI=1S/C6H9NO.2C2H6/c1-7-5-3-2-4-6(7)8;2*1-2/h3,5H,2,4H2,1H3;2*1-2H3. The fraction of sp³-hybridized carbons (Fsp3) is 0.700. The summed E-state index contributed by atoms with van der Waals surface area (Å²) in [6, 6.07) is 0. The molecule has 0 fully saturated rings. The molecule has 0 spiro atoms. The Morgan fingerprint density at radius 1 is 1.25 bits per heavy atom. The molecule has 0 saturated carbocycles. The summed E-state index contributed by atoms with van der Waals surface area (Å²) < 4.78 is 0. The van der Waals surface area contributed by atoms with E-state index in [1.165, 1.54) is 0 Å². The summed E-state index contributed by atoms with van der Waals surface area (Å²) >= 11 is 0. The van der Waals surface area contributed by atoms with Gasteiger partial charge in [-0.25, -0.2) is 0 Å². The van der Waals surface area contributed by atoms with Gasteiger partial charge in [0, 0.05) is 19.7 Å². The van der Waals surface area contributed by atoms with Crippen molar-refractivity contribution in [1.82, 2.24) is 4.90 Å². The van der Waals surface area contributed by atoms with Gasteiger partial charge in [-0.3, -0.25) is 4.79 Å². The van der Waals surface area contributed by atoms with Gasteiger partial charge in [-0.05, 0) is 6.42 Å². The first-order valence-electron chi connectivity index (χ1n) is 4.73. The Morgan fingerprint density at radius 3 is 2.00 bits per heavy atom. The molecular formula is C10H21NO. The summed E-state index contributed by atoms with van der Waals surface area (Å²) in [5.74, 6) is 0.215. The summed E-state index contributed by atoms with van der Waals surface area (Å²) in [4.78, 5) is 12.3. The van der Waals surface area contributed by atoms with Gasteiger partial charge < -0.3 is 4.90 Å². The van der Waals surface area contributed by atoms with Crippen molar-refractivity contribution in [2.45, 2.75) is 40.5 Å². The number of allylic oxidation sites excluding steroid dienone is 1. The first kappa shape index (κ1) is 13.8. The summed E-state index contributed by atoms with van der Waals surface area (Å²) in [7, 11) is 1.78. The maximum Gasteiger partial charge on any atom is 0.226 e. The van der Waals surface area contributed by atoms with Crippen LogP contribution in [0.5, 0.6) is 0 Å². The molecule has 0 aromatic carbocycles. The van der Waals surface area contributed by atoms with Crippen LogP contribution in [0.1, 0.15) is 40.5 Å². The Kier molecular flexibility index (Phi) is 11.7. The van der Waals surface area contributed by atoms with Gasteiger partial charge >= 0.3 is 0 Å². The fourth-order valence-electron chi connectivity index (χ4n) is 0.699. The van der Waals surface area contributed by atoms with E-state index in [9.17, 15) is 4.79 Å². The van der Waals surface area contributed by atoms with Crippen molar-refractivity contribution in [2.24, 2.45) is 0 Å². The molecule has 2 nitrogen and oxygen atoms in total. The van der Waals surface area contributed by atoms with Gasteiger partial charge in [0.1, 0.15) is 0 Å². The van der Waals surface area contributed by atoms with Crippen LogP contribution in [0, 0.1) is 0 Å².